The number of hydrogen-bond donors (Lipinski definition) is 0. The molecule has 31 heavy (non-hydrogen) atoms. The summed E-state index contributed by atoms with van der Waals surface area (Å²) in [6.45, 7) is 9.49. The van der Waals surface area contributed by atoms with Crippen molar-refractivity contribution in [2.75, 3.05) is 36.8 Å². The summed E-state index contributed by atoms with van der Waals surface area (Å²) in [7, 11) is 0. The molecule has 3 heterocycles. The molecule has 0 saturated carbocycles. The van der Waals surface area contributed by atoms with Gasteiger partial charge in [0.1, 0.15) is 0 Å². The van der Waals surface area contributed by atoms with E-state index in [0.29, 0.717) is 17.5 Å². The summed E-state index contributed by atoms with van der Waals surface area (Å²) in [5, 5.41) is 4.71. The van der Waals surface area contributed by atoms with Crippen molar-refractivity contribution in [2.24, 2.45) is 0 Å². The summed E-state index contributed by atoms with van der Waals surface area (Å²) >= 11 is 1.45. The number of carbonyl (C=O) groups is 1. The molecular weight excluding hydrogens is 410 g/mol. The maximum Gasteiger partial charge on any atom is 0.259 e. The van der Waals surface area contributed by atoms with Crippen molar-refractivity contribution in [3.05, 3.63) is 53.5 Å². The molecule has 3 aromatic rings. The molecule has 0 spiro atoms. The minimum absolute atomic E-state index is 0.154. The fourth-order valence-electron chi connectivity index (χ4n) is 3.61. The van der Waals surface area contributed by atoms with E-state index in [1.54, 1.807) is 6.20 Å². The third-order valence-electron chi connectivity index (χ3n) is 5.66. The second kappa shape index (κ2) is 9.51. The van der Waals surface area contributed by atoms with Crippen LogP contribution in [-0.4, -0.2) is 57.9 Å². The van der Waals surface area contributed by atoms with Crippen molar-refractivity contribution in [3.63, 3.8) is 0 Å². The van der Waals surface area contributed by atoms with Crippen LogP contribution in [0.5, 0.6) is 0 Å². The molecule has 4 rings (SSSR count). The summed E-state index contributed by atoms with van der Waals surface area (Å²) in [6.07, 6.45) is 2.44. The maximum absolute atomic E-state index is 12.7. The molecular formula is C23H27N5O2S. The third kappa shape index (κ3) is 4.90. The van der Waals surface area contributed by atoms with E-state index < -0.39 is 0 Å². The molecule has 1 saturated heterocycles. The average molecular weight is 438 g/mol. The lowest BCUT2D eigenvalue weighted by molar-refractivity contribution is -0.128. The number of thioether (sulfide) groups is 1. The van der Waals surface area contributed by atoms with Gasteiger partial charge in [0.15, 0.2) is 5.82 Å². The highest BCUT2D eigenvalue weighted by Gasteiger charge is 2.22. The summed E-state index contributed by atoms with van der Waals surface area (Å²) in [5.74, 6) is 1.69. The van der Waals surface area contributed by atoms with Crippen LogP contribution < -0.4 is 4.90 Å². The van der Waals surface area contributed by atoms with Gasteiger partial charge in [0.25, 0.3) is 5.89 Å². The van der Waals surface area contributed by atoms with E-state index in [1.807, 2.05) is 24.0 Å². The Morgan fingerprint density at radius 1 is 1.13 bits per heavy atom. The van der Waals surface area contributed by atoms with Crippen molar-refractivity contribution >= 4 is 23.4 Å². The van der Waals surface area contributed by atoms with Gasteiger partial charge in [-0.25, -0.2) is 4.98 Å². The molecule has 1 amide bonds. The summed E-state index contributed by atoms with van der Waals surface area (Å²) in [6, 6.07) is 10.2. The van der Waals surface area contributed by atoms with Gasteiger partial charge in [0.2, 0.25) is 5.91 Å². The quantitative estimate of drug-likeness (QED) is 0.544. The van der Waals surface area contributed by atoms with Crippen LogP contribution in [-0.2, 0) is 11.2 Å². The second-order valence-electron chi connectivity index (χ2n) is 7.63. The first kappa shape index (κ1) is 21.4. The zero-order chi connectivity index (χ0) is 21.8. The van der Waals surface area contributed by atoms with Gasteiger partial charge in [-0.3, -0.25) is 4.79 Å². The smallest absolute Gasteiger partial charge is 0.259 e. The number of amides is 1. The number of hydrogen-bond acceptors (Lipinski definition) is 7. The van der Waals surface area contributed by atoms with E-state index in [-0.39, 0.29) is 5.91 Å². The number of rotatable bonds is 6. The van der Waals surface area contributed by atoms with Crippen molar-refractivity contribution in [1.82, 2.24) is 20.0 Å². The van der Waals surface area contributed by atoms with Crippen molar-refractivity contribution in [2.45, 2.75) is 32.2 Å². The number of aryl methyl sites for hydroxylation is 2. The fourth-order valence-corrected chi connectivity index (χ4v) is 4.35. The standard InChI is InChI=1S/C23H27N5O2S/c1-4-20-25-23(30-26-20)18-8-9-21(24-14-18)31-15-22(29)28-12-10-27(11-13-28)19-7-5-6-16(2)17(19)3/h5-9,14H,4,10-13,15H2,1-3H3. The van der Waals surface area contributed by atoms with E-state index in [1.165, 1.54) is 28.6 Å². The highest BCUT2D eigenvalue weighted by molar-refractivity contribution is 7.99. The monoisotopic (exact) mass is 437 g/mol. The third-order valence-corrected chi connectivity index (χ3v) is 6.59. The minimum Gasteiger partial charge on any atom is -0.368 e. The number of piperazine rings is 1. The molecule has 162 valence electrons. The lowest BCUT2D eigenvalue weighted by Crippen LogP contribution is -2.49. The number of anilines is 1. The van der Waals surface area contributed by atoms with Crippen molar-refractivity contribution in [1.29, 1.82) is 0 Å². The molecule has 0 aliphatic carbocycles. The number of aromatic nitrogens is 3. The molecule has 0 unspecified atom stereocenters. The number of benzene rings is 1. The highest BCUT2D eigenvalue weighted by atomic mass is 32.2. The molecule has 0 bridgehead atoms. The molecule has 7 nitrogen and oxygen atoms in total. The predicted molar refractivity (Wildman–Crippen MR) is 122 cm³/mol. The van der Waals surface area contributed by atoms with E-state index in [2.05, 4.69) is 52.1 Å². The van der Waals surface area contributed by atoms with Crippen LogP contribution in [0.25, 0.3) is 11.5 Å². The van der Waals surface area contributed by atoms with Gasteiger partial charge in [-0.15, -0.1) is 0 Å². The first-order valence-corrected chi connectivity index (χ1v) is 11.5. The van der Waals surface area contributed by atoms with Gasteiger partial charge < -0.3 is 14.3 Å². The SMILES string of the molecule is CCc1noc(-c2ccc(SCC(=O)N3CCN(c4cccc(C)c4C)CC3)nc2)n1. The fraction of sp³-hybridized carbons (Fsp3) is 0.391. The van der Waals surface area contributed by atoms with E-state index >= 15 is 0 Å². The Balaban J connectivity index is 1.28. The first-order chi connectivity index (χ1) is 15.0. The summed E-state index contributed by atoms with van der Waals surface area (Å²) in [4.78, 5) is 25.8. The Labute approximate surface area is 186 Å². The van der Waals surface area contributed by atoms with Gasteiger partial charge in [0.05, 0.1) is 16.3 Å². The zero-order valence-electron chi connectivity index (χ0n) is 18.2. The lowest BCUT2D eigenvalue weighted by atomic mass is 10.1. The Kier molecular flexibility index (Phi) is 6.56. The Morgan fingerprint density at radius 2 is 1.94 bits per heavy atom. The van der Waals surface area contributed by atoms with E-state index in [4.69, 9.17) is 4.52 Å². The molecule has 0 radical (unpaired) electrons. The molecule has 1 fully saturated rings. The number of pyridine rings is 1. The lowest BCUT2D eigenvalue weighted by Gasteiger charge is -2.37. The van der Waals surface area contributed by atoms with E-state index in [0.717, 1.165) is 43.2 Å². The maximum atomic E-state index is 12.7. The molecule has 1 aliphatic rings. The van der Waals surface area contributed by atoms with Gasteiger partial charge in [0, 0.05) is 44.5 Å². The van der Waals surface area contributed by atoms with Crippen LogP contribution in [0.3, 0.4) is 0 Å². The second-order valence-corrected chi connectivity index (χ2v) is 8.63. The van der Waals surface area contributed by atoms with Gasteiger partial charge in [-0.05, 0) is 43.2 Å². The topological polar surface area (TPSA) is 75.4 Å². The predicted octanol–water partition coefficient (Wildman–Crippen LogP) is 3.75. The Hall–Kier alpha value is -2.87. The Morgan fingerprint density at radius 3 is 2.61 bits per heavy atom. The molecule has 1 aliphatic heterocycles. The number of nitrogens with zero attached hydrogens (tertiary/aromatic N) is 5. The van der Waals surface area contributed by atoms with Crippen molar-refractivity contribution < 1.29 is 9.32 Å². The highest BCUT2D eigenvalue weighted by Crippen LogP contribution is 2.25. The zero-order valence-corrected chi connectivity index (χ0v) is 19.0. The molecule has 0 N–H and O–H groups in total. The normalized spacial score (nSPS) is 14.2. The van der Waals surface area contributed by atoms with Crippen LogP contribution in [0.4, 0.5) is 5.69 Å². The van der Waals surface area contributed by atoms with Crippen LogP contribution in [0.2, 0.25) is 0 Å². The van der Waals surface area contributed by atoms with Gasteiger partial charge in [-0.1, -0.05) is 36.0 Å². The largest absolute Gasteiger partial charge is 0.368 e. The van der Waals surface area contributed by atoms with Crippen LogP contribution in [0.15, 0.2) is 46.1 Å². The molecule has 1 aromatic carbocycles. The first-order valence-electron chi connectivity index (χ1n) is 10.6. The number of carbonyl (C=O) groups excluding carboxylic acids is 1. The van der Waals surface area contributed by atoms with Crippen LogP contribution >= 0.6 is 11.8 Å². The Bertz CT molecular complexity index is 1040. The molecule has 2 aromatic heterocycles. The van der Waals surface area contributed by atoms with Gasteiger partial charge in [-0.2, -0.15) is 4.98 Å². The summed E-state index contributed by atoms with van der Waals surface area (Å²) < 4.78 is 5.24. The minimum atomic E-state index is 0.154. The van der Waals surface area contributed by atoms with E-state index in [9.17, 15) is 4.79 Å². The summed E-state index contributed by atoms with van der Waals surface area (Å²) in [5.41, 5.74) is 4.68. The molecule has 8 heteroatoms. The molecule has 0 atom stereocenters. The average Bonchev–Trinajstić information content (AvgIpc) is 3.29. The van der Waals surface area contributed by atoms with Gasteiger partial charge >= 0.3 is 0 Å². The van der Waals surface area contributed by atoms with Crippen LogP contribution in [0, 0.1) is 13.8 Å². The van der Waals surface area contributed by atoms with Crippen LogP contribution in [0.1, 0.15) is 23.9 Å². The van der Waals surface area contributed by atoms with Crippen molar-refractivity contribution in [3.8, 4) is 11.5 Å².